The summed E-state index contributed by atoms with van der Waals surface area (Å²) < 4.78 is 0. The predicted molar refractivity (Wildman–Crippen MR) is 104 cm³/mol. The monoisotopic (exact) mass is 314 g/mol. The molecule has 0 aliphatic heterocycles. The Bertz CT molecular complexity index is 791. The summed E-state index contributed by atoms with van der Waals surface area (Å²) in [6.45, 7) is 11.0. The smallest absolute Gasteiger partial charge is 0.0423 e. The van der Waals surface area contributed by atoms with Gasteiger partial charge in [0.15, 0.2) is 0 Å². The molecule has 0 fully saturated rings. The summed E-state index contributed by atoms with van der Waals surface area (Å²) in [5, 5.41) is 0. The third kappa shape index (κ3) is 2.89. The molecular formula is C24H26. The maximum atomic E-state index is 2.34. The Morgan fingerprint density at radius 3 is 1.33 bits per heavy atom. The third-order valence-corrected chi connectivity index (χ3v) is 5.34. The molecule has 0 bridgehead atoms. The van der Waals surface area contributed by atoms with Crippen LogP contribution in [-0.2, 0) is 5.41 Å². The van der Waals surface area contributed by atoms with E-state index in [0.29, 0.717) is 0 Å². The van der Waals surface area contributed by atoms with E-state index in [0.717, 1.165) is 0 Å². The molecule has 0 aliphatic rings. The van der Waals surface area contributed by atoms with Gasteiger partial charge in [0.25, 0.3) is 0 Å². The molecule has 0 atom stereocenters. The van der Waals surface area contributed by atoms with E-state index >= 15 is 0 Å². The number of hydrogen-bond acceptors (Lipinski definition) is 0. The van der Waals surface area contributed by atoms with E-state index in [1.807, 2.05) is 0 Å². The summed E-state index contributed by atoms with van der Waals surface area (Å²) in [5.74, 6) is 0. The van der Waals surface area contributed by atoms with Gasteiger partial charge < -0.3 is 0 Å². The Kier molecular flexibility index (Phi) is 4.32. The highest BCUT2D eigenvalue weighted by Crippen LogP contribution is 2.39. The minimum absolute atomic E-state index is 0.153. The summed E-state index contributed by atoms with van der Waals surface area (Å²) in [4.78, 5) is 0. The maximum absolute atomic E-state index is 2.34. The van der Waals surface area contributed by atoms with Crippen molar-refractivity contribution in [2.75, 3.05) is 0 Å². The van der Waals surface area contributed by atoms with Crippen molar-refractivity contribution in [2.24, 2.45) is 0 Å². The van der Waals surface area contributed by atoms with Crippen LogP contribution in [-0.4, -0.2) is 0 Å². The Morgan fingerprint density at radius 1 is 0.500 bits per heavy atom. The fourth-order valence-electron chi connectivity index (χ4n) is 3.33. The van der Waals surface area contributed by atoms with Crippen LogP contribution in [0.15, 0.2) is 66.7 Å². The molecule has 0 aromatic heterocycles. The molecule has 0 saturated carbocycles. The molecule has 122 valence electrons. The third-order valence-electron chi connectivity index (χ3n) is 5.34. The highest BCUT2D eigenvalue weighted by atomic mass is 14.3. The van der Waals surface area contributed by atoms with Gasteiger partial charge in [0.05, 0.1) is 0 Å². The van der Waals surface area contributed by atoms with Crippen LogP contribution < -0.4 is 0 Å². The van der Waals surface area contributed by atoms with Gasteiger partial charge in [-0.25, -0.2) is 0 Å². The molecule has 0 spiro atoms. The van der Waals surface area contributed by atoms with E-state index < -0.39 is 0 Å². The van der Waals surface area contributed by atoms with Gasteiger partial charge in [-0.3, -0.25) is 0 Å². The highest BCUT2D eigenvalue weighted by Gasteiger charge is 2.31. The lowest BCUT2D eigenvalue weighted by Crippen LogP contribution is -2.25. The molecule has 0 amide bonds. The molecule has 0 radical (unpaired) electrons. The van der Waals surface area contributed by atoms with Crippen molar-refractivity contribution in [3.63, 3.8) is 0 Å². The molecule has 0 heteroatoms. The lowest BCUT2D eigenvalue weighted by molar-refractivity contribution is 0.691. The first-order chi connectivity index (χ1) is 11.4. The van der Waals surface area contributed by atoms with E-state index in [-0.39, 0.29) is 5.41 Å². The molecule has 3 aromatic rings. The van der Waals surface area contributed by atoms with Gasteiger partial charge in [-0.2, -0.15) is 0 Å². The minimum atomic E-state index is -0.153. The summed E-state index contributed by atoms with van der Waals surface area (Å²) in [6.07, 6.45) is 0. The molecule has 3 rings (SSSR count). The van der Waals surface area contributed by atoms with Gasteiger partial charge in [-0.15, -0.1) is 0 Å². The van der Waals surface area contributed by atoms with Crippen LogP contribution in [0.25, 0.3) is 0 Å². The van der Waals surface area contributed by atoms with Crippen molar-refractivity contribution < 1.29 is 0 Å². The van der Waals surface area contributed by atoms with E-state index in [2.05, 4.69) is 101 Å². The molecule has 0 unspecified atom stereocenters. The first-order valence-corrected chi connectivity index (χ1v) is 8.63. The number of aryl methyl sites for hydroxylation is 4. The van der Waals surface area contributed by atoms with Crippen molar-refractivity contribution in [1.82, 2.24) is 0 Å². The summed E-state index contributed by atoms with van der Waals surface area (Å²) in [5.41, 5.74) is 9.14. The van der Waals surface area contributed by atoms with Crippen LogP contribution in [0.3, 0.4) is 0 Å². The lowest BCUT2D eigenvalue weighted by atomic mass is 9.70. The van der Waals surface area contributed by atoms with E-state index in [9.17, 15) is 0 Å². The van der Waals surface area contributed by atoms with E-state index in [1.165, 1.54) is 38.9 Å². The summed E-state index contributed by atoms with van der Waals surface area (Å²) in [6, 6.07) is 24.8. The van der Waals surface area contributed by atoms with Crippen LogP contribution in [0.4, 0.5) is 0 Å². The van der Waals surface area contributed by atoms with E-state index in [4.69, 9.17) is 0 Å². The SMILES string of the molecule is Cc1ccc(C(C)(c2ccc(C)cc2)c2ccc(C)c(C)c2)cc1. The second-order valence-corrected chi connectivity index (χ2v) is 7.16. The fourth-order valence-corrected chi connectivity index (χ4v) is 3.33. The van der Waals surface area contributed by atoms with Gasteiger partial charge >= 0.3 is 0 Å². The average molecular weight is 314 g/mol. The molecule has 0 saturated heterocycles. The van der Waals surface area contributed by atoms with Crippen LogP contribution in [0.1, 0.15) is 45.9 Å². The summed E-state index contributed by atoms with van der Waals surface area (Å²) >= 11 is 0. The van der Waals surface area contributed by atoms with Crippen LogP contribution >= 0.6 is 0 Å². The van der Waals surface area contributed by atoms with Gasteiger partial charge in [0.2, 0.25) is 0 Å². The van der Waals surface area contributed by atoms with Crippen molar-refractivity contribution >= 4 is 0 Å². The topological polar surface area (TPSA) is 0 Å². The molecule has 0 aliphatic carbocycles. The van der Waals surface area contributed by atoms with Crippen LogP contribution in [0.2, 0.25) is 0 Å². The predicted octanol–water partition coefficient (Wildman–Crippen LogP) is 6.27. The Balaban J connectivity index is 2.25. The molecule has 24 heavy (non-hydrogen) atoms. The molecule has 0 nitrogen and oxygen atoms in total. The maximum Gasteiger partial charge on any atom is 0.0423 e. The fraction of sp³-hybridized carbons (Fsp3) is 0.250. The number of hydrogen-bond donors (Lipinski definition) is 0. The lowest BCUT2D eigenvalue weighted by Gasteiger charge is -2.32. The highest BCUT2D eigenvalue weighted by molar-refractivity contribution is 5.51. The molecular weight excluding hydrogens is 288 g/mol. The van der Waals surface area contributed by atoms with Crippen LogP contribution in [0, 0.1) is 27.7 Å². The zero-order chi connectivity index (χ0) is 17.3. The second-order valence-electron chi connectivity index (χ2n) is 7.16. The molecule has 0 N–H and O–H groups in total. The van der Waals surface area contributed by atoms with Crippen molar-refractivity contribution in [3.05, 3.63) is 106 Å². The Hall–Kier alpha value is -2.34. The standard InChI is InChI=1S/C24H26/c1-17-6-11-21(12-7-17)24(5,22-13-8-18(2)9-14-22)23-15-10-19(3)20(4)16-23/h6-16H,1-5H3. The Morgan fingerprint density at radius 2 is 0.917 bits per heavy atom. The largest absolute Gasteiger partial charge is 0.0590 e. The van der Waals surface area contributed by atoms with Crippen molar-refractivity contribution in [1.29, 1.82) is 0 Å². The average Bonchev–Trinajstić information content (AvgIpc) is 2.58. The zero-order valence-electron chi connectivity index (χ0n) is 15.4. The van der Waals surface area contributed by atoms with E-state index in [1.54, 1.807) is 0 Å². The molecule has 0 heterocycles. The second kappa shape index (κ2) is 6.28. The van der Waals surface area contributed by atoms with Gasteiger partial charge in [0, 0.05) is 5.41 Å². The van der Waals surface area contributed by atoms with Crippen LogP contribution in [0.5, 0.6) is 0 Å². The number of benzene rings is 3. The molecule has 3 aromatic carbocycles. The Labute approximate surface area is 146 Å². The number of rotatable bonds is 3. The quantitative estimate of drug-likeness (QED) is 0.499. The zero-order valence-corrected chi connectivity index (χ0v) is 15.4. The summed E-state index contributed by atoms with van der Waals surface area (Å²) in [7, 11) is 0. The first kappa shape index (κ1) is 16.5. The minimum Gasteiger partial charge on any atom is -0.0590 e. The van der Waals surface area contributed by atoms with Gasteiger partial charge in [0.1, 0.15) is 0 Å². The van der Waals surface area contributed by atoms with Crippen molar-refractivity contribution in [3.8, 4) is 0 Å². The first-order valence-electron chi connectivity index (χ1n) is 8.63. The normalized spacial score (nSPS) is 11.5. The van der Waals surface area contributed by atoms with Gasteiger partial charge in [-0.1, -0.05) is 77.9 Å². The van der Waals surface area contributed by atoms with Gasteiger partial charge in [-0.05, 0) is 62.4 Å². The van der Waals surface area contributed by atoms with Crippen molar-refractivity contribution in [2.45, 2.75) is 40.0 Å².